The monoisotopic (exact) mass is 210 g/mol. The van der Waals surface area contributed by atoms with Gasteiger partial charge in [0.05, 0.1) is 6.61 Å². The summed E-state index contributed by atoms with van der Waals surface area (Å²) < 4.78 is 18.4. The lowest BCUT2D eigenvalue weighted by atomic mass is 9.86. The molecular weight excluding hydrogens is 195 g/mol. The fraction of sp³-hybridized carbons (Fsp3) is 0.500. The number of halogens is 1. The van der Waals surface area contributed by atoms with Crippen molar-refractivity contribution in [2.24, 2.45) is 0 Å². The van der Waals surface area contributed by atoms with E-state index >= 15 is 0 Å². The number of benzene rings is 1. The number of hydrogen-bond donors (Lipinski definition) is 1. The summed E-state index contributed by atoms with van der Waals surface area (Å²) in [6, 6.07) is 4.51. The normalized spacial score (nSPS) is 26.6. The van der Waals surface area contributed by atoms with Crippen molar-refractivity contribution in [2.75, 3.05) is 13.2 Å². The van der Waals surface area contributed by atoms with Crippen LogP contribution in [0.3, 0.4) is 0 Å². The largest absolute Gasteiger partial charge is 0.383 e. The predicted octanol–water partition coefficient (Wildman–Crippen LogP) is 2.13. The van der Waals surface area contributed by atoms with Gasteiger partial charge in [0.25, 0.3) is 0 Å². The molecule has 0 bridgehead atoms. The Bertz CT molecular complexity index is 357. The molecule has 0 aliphatic carbocycles. The van der Waals surface area contributed by atoms with Crippen LogP contribution in [0.15, 0.2) is 18.2 Å². The average Bonchev–Trinajstić information content (AvgIpc) is 2.23. The Kier molecular flexibility index (Phi) is 2.76. The summed E-state index contributed by atoms with van der Waals surface area (Å²) in [5, 5.41) is 10.4. The quantitative estimate of drug-likeness (QED) is 0.769. The summed E-state index contributed by atoms with van der Waals surface area (Å²) >= 11 is 0. The van der Waals surface area contributed by atoms with Gasteiger partial charge in [-0.05, 0) is 43.0 Å². The summed E-state index contributed by atoms with van der Waals surface area (Å²) in [6.07, 6.45) is 1.45. The van der Waals surface area contributed by atoms with Gasteiger partial charge < -0.3 is 9.84 Å². The Hall–Kier alpha value is -0.930. The van der Waals surface area contributed by atoms with E-state index in [1.165, 1.54) is 12.1 Å². The number of hydrogen-bond acceptors (Lipinski definition) is 2. The van der Waals surface area contributed by atoms with Crippen LogP contribution in [0.1, 0.15) is 24.0 Å². The van der Waals surface area contributed by atoms with Crippen molar-refractivity contribution in [1.29, 1.82) is 0 Å². The van der Waals surface area contributed by atoms with Gasteiger partial charge in [-0.2, -0.15) is 0 Å². The standard InChI is InChI=1S/C12H15FO2/c1-9-3-4-10(13)7-11(9)12(14)5-2-6-15-8-12/h3-4,7,14H,2,5-6,8H2,1H3. The molecule has 2 rings (SSSR count). The first-order valence-corrected chi connectivity index (χ1v) is 5.19. The first kappa shape index (κ1) is 10.6. The predicted molar refractivity (Wildman–Crippen MR) is 55.1 cm³/mol. The van der Waals surface area contributed by atoms with Crippen LogP contribution >= 0.6 is 0 Å². The molecule has 3 heteroatoms. The second kappa shape index (κ2) is 3.91. The highest BCUT2D eigenvalue weighted by atomic mass is 19.1. The molecule has 0 radical (unpaired) electrons. The molecule has 0 aromatic heterocycles. The molecule has 1 saturated heterocycles. The van der Waals surface area contributed by atoms with E-state index in [-0.39, 0.29) is 12.4 Å². The molecule has 1 fully saturated rings. The van der Waals surface area contributed by atoms with E-state index < -0.39 is 5.60 Å². The summed E-state index contributed by atoms with van der Waals surface area (Å²) in [7, 11) is 0. The Morgan fingerprint density at radius 3 is 2.93 bits per heavy atom. The lowest BCUT2D eigenvalue weighted by Crippen LogP contribution is -2.36. The first-order chi connectivity index (χ1) is 7.12. The maximum atomic E-state index is 13.1. The van der Waals surface area contributed by atoms with Gasteiger partial charge in [-0.1, -0.05) is 6.07 Å². The topological polar surface area (TPSA) is 29.5 Å². The van der Waals surface area contributed by atoms with Gasteiger partial charge in [-0.25, -0.2) is 4.39 Å². The molecule has 1 aromatic rings. The molecule has 1 unspecified atom stereocenters. The van der Waals surface area contributed by atoms with Crippen LogP contribution in [0.25, 0.3) is 0 Å². The van der Waals surface area contributed by atoms with Crippen molar-refractivity contribution in [1.82, 2.24) is 0 Å². The van der Waals surface area contributed by atoms with Gasteiger partial charge in [-0.3, -0.25) is 0 Å². The van der Waals surface area contributed by atoms with Crippen LogP contribution in [0.2, 0.25) is 0 Å². The Balaban J connectivity index is 2.38. The molecule has 1 aliphatic rings. The van der Waals surface area contributed by atoms with E-state index in [2.05, 4.69) is 0 Å². The van der Waals surface area contributed by atoms with Crippen molar-refractivity contribution >= 4 is 0 Å². The molecule has 2 nitrogen and oxygen atoms in total. The highest BCUT2D eigenvalue weighted by molar-refractivity contribution is 5.32. The second-order valence-corrected chi connectivity index (χ2v) is 4.15. The van der Waals surface area contributed by atoms with Gasteiger partial charge in [-0.15, -0.1) is 0 Å². The fourth-order valence-electron chi connectivity index (χ4n) is 2.09. The third-order valence-electron chi connectivity index (χ3n) is 2.92. The fourth-order valence-corrected chi connectivity index (χ4v) is 2.09. The Morgan fingerprint density at radius 1 is 1.47 bits per heavy atom. The summed E-state index contributed by atoms with van der Waals surface area (Å²) in [5.41, 5.74) is 0.552. The van der Waals surface area contributed by atoms with Crippen molar-refractivity contribution in [3.63, 3.8) is 0 Å². The molecule has 1 N–H and O–H groups in total. The molecule has 0 saturated carbocycles. The summed E-state index contributed by atoms with van der Waals surface area (Å²) in [4.78, 5) is 0. The van der Waals surface area contributed by atoms with Crippen LogP contribution < -0.4 is 0 Å². The SMILES string of the molecule is Cc1ccc(F)cc1C1(O)CCCOC1. The van der Waals surface area contributed by atoms with Gasteiger partial charge >= 0.3 is 0 Å². The molecule has 1 heterocycles. The van der Waals surface area contributed by atoms with Crippen molar-refractivity contribution in [3.8, 4) is 0 Å². The molecule has 0 spiro atoms. The summed E-state index contributed by atoms with van der Waals surface area (Å²) in [5.74, 6) is -0.311. The molecule has 15 heavy (non-hydrogen) atoms. The van der Waals surface area contributed by atoms with E-state index in [4.69, 9.17) is 4.74 Å². The smallest absolute Gasteiger partial charge is 0.123 e. The minimum Gasteiger partial charge on any atom is -0.383 e. The average molecular weight is 210 g/mol. The lowest BCUT2D eigenvalue weighted by molar-refractivity contribution is -0.0907. The van der Waals surface area contributed by atoms with Gasteiger partial charge in [0.1, 0.15) is 11.4 Å². The van der Waals surface area contributed by atoms with Crippen LogP contribution in [0.4, 0.5) is 4.39 Å². The van der Waals surface area contributed by atoms with Crippen molar-refractivity contribution in [3.05, 3.63) is 35.1 Å². The van der Waals surface area contributed by atoms with Crippen LogP contribution in [0, 0.1) is 12.7 Å². The number of aryl methyl sites for hydroxylation is 1. The minimum absolute atomic E-state index is 0.261. The number of rotatable bonds is 1. The van der Waals surface area contributed by atoms with Crippen molar-refractivity contribution in [2.45, 2.75) is 25.4 Å². The Labute approximate surface area is 88.7 Å². The van der Waals surface area contributed by atoms with Crippen LogP contribution in [0.5, 0.6) is 0 Å². The molecule has 1 aliphatic heterocycles. The van der Waals surface area contributed by atoms with Gasteiger partial charge in [0, 0.05) is 6.61 Å². The number of ether oxygens (including phenoxy) is 1. The van der Waals surface area contributed by atoms with Crippen molar-refractivity contribution < 1.29 is 14.2 Å². The lowest BCUT2D eigenvalue weighted by Gasteiger charge is -2.33. The van der Waals surface area contributed by atoms with Gasteiger partial charge in [0.2, 0.25) is 0 Å². The van der Waals surface area contributed by atoms with Crippen LogP contribution in [-0.4, -0.2) is 18.3 Å². The minimum atomic E-state index is -1.01. The molecule has 1 atom stereocenters. The van der Waals surface area contributed by atoms with Crippen LogP contribution in [-0.2, 0) is 10.3 Å². The van der Waals surface area contributed by atoms with E-state index in [1.807, 2.05) is 6.92 Å². The maximum absolute atomic E-state index is 13.1. The summed E-state index contributed by atoms with van der Waals surface area (Å²) in [6.45, 7) is 2.81. The molecule has 1 aromatic carbocycles. The zero-order valence-corrected chi connectivity index (χ0v) is 8.79. The maximum Gasteiger partial charge on any atom is 0.123 e. The first-order valence-electron chi connectivity index (χ1n) is 5.19. The highest BCUT2D eigenvalue weighted by Crippen LogP contribution is 2.32. The number of aliphatic hydroxyl groups is 1. The third-order valence-corrected chi connectivity index (χ3v) is 2.92. The van der Waals surface area contributed by atoms with E-state index in [9.17, 15) is 9.50 Å². The third kappa shape index (κ3) is 2.03. The highest BCUT2D eigenvalue weighted by Gasteiger charge is 2.33. The van der Waals surface area contributed by atoms with E-state index in [0.29, 0.717) is 18.6 Å². The second-order valence-electron chi connectivity index (χ2n) is 4.15. The van der Waals surface area contributed by atoms with Gasteiger partial charge in [0.15, 0.2) is 0 Å². The molecule has 82 valence electrons. The zero-order chi connectivity index (χ0) is 10.9. The zero-order valence-electron chi connectivity index (χ0n) is 8.79. The molecular formula is C12H15FO2. The van der Waals surface area contributed by atoms with E-state index in [0.717, 1.165) is 12.0 Å². The van der Waals surface area contributed by atoms with E-state index in [1.54, 1.807) is 6.07 Å². The molecule has 0 amide bonds. The Morgan fingerprint density at radius 2 is 2.27 bits per heavy atom.